The zero-order chi connectivity index (χ0) is 22.1. The number of benzene rings is 1. The summed E-state index contributed by atoms with van der Waals surface area (Å²) in [6, 6.07) is 5.72. The van der Waals surface area contributed by atoms with Gasteiger partial charge in [0.25, 0.3) is 5.56 Å². The molecule has 0 fully saturated rings. The number of anilines is 2. The molecule has 160 valence electrons. The Labute approximate surface area is 175 Å². The summed E-state index contributed by atoms with van der Waals surface area (Å²) < 4.78 is 44.5. The third-order valence-electron chi connectivity index (χ3n) is 4.41. The predicted molar refractivity (Wildman–Crippen MR) is 115 cm³/mol. The predicted octanol–water partition coefficient (Wildman–Crippen LogP) is 4.87. The van der Waals surface area contributed by atoms with Crippen molar-refractivity contribution in [1.29, 1.82) is 0 Å². The van der Waals surface area contributed by atoms with Crippen molar-refractivity contribution in [3.05, 3.63) is 46.6 Å². The lowest BCUT2D eigenvalue weighted by Crippen LogP contribution is -2.25. The number of nitrogens with two attached hydrogens (primary N) is 1. The van der Waals surface area contributed by atoms with E-state index in [1.54, 1.807) is 12.1 Å². The van der Waals surface area contributed by atoms with Crippen LogP contribution < -0.4 is 16.0 Å². The van der Waals surface area contributed by atoms with E-state index >= 15 is 0 Å². The van der Waals surface area contributed by atoms with Crippen molar-refractivity contribution in [2.45, 2.75) is 39.2 Å². The van der Waals surface area contributed by atoms with Gasteiger partial charge in [-0.1, -0.05) is 18.0 Å². The second-order valence-electron chi connectivity index (χ2n) is 7.30. The molecule has 3 rings (SSSR count). The van der Waals surface area contributed by atoms with Crippen LogP contribution in [-0.4, -0.2) is 26.2 Å². The molecule has 0 saturated heterocycles. The van der Waals surface area contributed by atoms with Crippen LogP contribution in [0.5, 0.6) is 0 Å². The molecule has 0 spiro atoms. The summed E-state index contributed by atoms with van der Waals surface area (Å²) in [4.78, 5) is 21.2. The summed E-state index contributed by atoms with van der Waals surface area (Å²) in [7, 11) is 0. The van der Waals surface area contributed by atoms with Crippen LogP contribution in [0.25, 0.3) is 22.2 Å². The Morgan fingerprint density at radius 2 is 2.03 bits per heavy atom. The first-order valence-electron chi connectivity index (χ1n) is 9.30. The monoisotopic (exact) mass is 437 g/mol. The molecule has 1 aromatic carbocycles. The van der Waals surface area contributed by atoms with Gasteiger partial charge in [-0.25, -0.2) is 18.2 Å². The molecule has 0 aliphatic rings. The molecule has 3 aromatic rings. The van der Waals surface area contributed by atoms with Gasteiger partial charge in [0, 0.05) is 35.4 Å². The molecular formula is C20H22F3N5OS. The Hall–Kier alpha value is -2.75. The first-order valence-corrected chi connectivity index (χ1v) is 10.3. The lowest BCUT2D eigenvalue weighted by atomic mass is 10.0. The van der Waals surface area contributed by atoms with Crippen molar-refractivity contribution >= 4 is 34.6 Å². The molecular weight excluding hydrogens is 415 g/mol. The van der Waals surface area contributed by atoms with Gasteiger partial charge in [-0.15, -0.1) is 0 Å². The summed E-state index contributed by atoms with van der Waals surface area (Å²) >= 11 is 0.998. The number of fused-ring (bicyclic) bond motifs is 1. The van der Waals surface area contributed by atoms with Crippen molar-refractivity contribution in [3.8, 4) is 11.1 Å². The summed E-state index contributed by atoms with van der Waals surface area (Å²) in [5, 5.41) is 0.603. The third kappa shape index (κ3) is 4.86. The van der Waals surface area contributed by atoms with E-state index in [0.29, 0.717) is 22.2 Å². The number of nitrogen functional groups attached to an aromatic ring is 1. The normalized spacial score (nSPS) is 12.0. The van der Waals surface area contributed by atoms with Crippen LogP contribution in [0.1, 0.15) is 33.2 Å². The SMILES string of the molecule is CC(C)n1c(=O)c(-c2ccc(NSCCC(C)(F)F)c(F)c2)cc2cnc(N)nc21. The van der Waals surface area contributed by atoms with Crippen LogP contribution in [0.15, 0.2) is 35.3 Å². The largest absolute Gasteiger partial charge is 0.368 e. The lowest BCUT2D eigenvalue weighted by molar-refractivity contribution is 0.0194. The van der Waals surface area contributed by atoms with Gasteiger partial charge in [0.15, 0.2) is 0 Å². The number of alkyl halides is 2. The van der Waals surface area contributed by atoms with Crippen LogP contribution in [0, 0.1) is 5.82 Å². The van der Waals surface area contributed by atoms with Gasteiger partial charge in [-0.05, 0) is 44.5 Å². The minimum absolute atomic E-state index is 0.0591. The molecule has 0 saturated carbocycles. The number of aromatic nitrogens is 3. The Morgan fingerprint density at radius 1 is 1.30 bits per heavy atom. The summed E-state index contributed by atoms with van der Waals surface area (Å²) in [6.07, 6.45) is 1.20. The Balaban J connectivity index is 1.94. The van der Waals surface area contributed by atoms with Gasteiger partial charge in [0.2, 0.25) is 11.9 Å². The van der Waals surface area contributed by atoms with Gasteiger partial charge in [-0.3, -0.25) is 9.36 Å². The first kappa shape index (κ1) is 21.9. The van der Waals surface area contributed by atoms with E-state index in [1.165, 1.54) is 22.9 Å². The standard InChI is InChI=1S/C20H22F3N5OS/c1-11(2)28-17-13(10-25-19(24)26-17)8-14(18(28)29)12-4-5-16(15(21)9-12)27-30-7-6-20(3,22)23/h4-5,8-11,27H,6-7H2,1-3H3,(H2,24,25,26). The second-order valence-corrected chi connectivity index (χ2v) is 8.20. The van der Waals surface area contributed by atoms with Gasteiger partial charge in [0.05, 0.1) is 5.69 Å². The highest BCUT2D eigenvalue weighted by molar-refractivity contribution is 8.00. The molecule has 0 amide bonds. The minimum Gasteiger partial charge on any atom is -0.368 e. The molecule has 6 nitrogen and oxygen atoms in total. The summed E-state index contributed by atoms with van der Waals surface area (Å²) in [5.41, 5.74) is 6.60. The van der Waals surface area contributed by atoms with Gasteiger partial charge in [0.1, 0.15) is 11.5 Å². The maximum Gasteiger partial charge on any atom is 0.260 e. The quantitative estimate of drug-likeness (QED) is 0.405. The molecule has 2 aromatic heterocycles. The summed E-state index contributed by atoms with van der Waals surface area (Å²) in [5.74, 6) is -3.17. The van der Waals surface area contributed by atoms with E-state index in [2.05, 4.69) is 14.7 Å². The zero-order valence-electron chi connectivity index (χ0n) is 16.7. The first-order chi connectivity index (χ1) is 14.1. The molecule has 0 unspecified atom stereocenters. The van der Waals surface area contributed by atoms with Crippen LogP contribution in [0.2, 0.25) is 0 Å². The van der Waals surface area contributed by atoms with E-state index in [1.807, 2.05) is 13.8 Å². The summed E-state index contributed by atoms with van der Waals surface area (Å²) in [6.45, 7) is 4.52. The Bertz CT molecular complexity index is 1130. The second kappa shape index (κ2) is 8.55. The van der Waals surface area contributed by atoms with Gasteiger partial charge >= 0.3 is 0 Å². The molecule has 10 heteroatoms. The van der Waals surface area contributed by atoms with Gasteiger partial charge in [-0.2, -0.15) is 4.98 Å². The van der Waals surface area contributed by atoms with Crippen molar-refractivity contribution in [1.82, 2.24) is 14.5 Å². The highest BCUT2D eigenvalue weighted by atomic mass is 32.2. The average molecular weight is 437 g/mol. The van der Waals surface area contributed by atoms with Crippen molar-refractivity contribution in [2.24, 2.45) is 0 Å². The average Bonchev–Trinajstić information content (AvgIpc) is 2.64. The molecule has 2 heterocycles. The minimum atomic E-state index is -2.77. The molecule has 0 aliphatic carbocycles. The number of nitrogens with zero attached hydrogens (tertiary/aromatic N) is 3. The maximum atomic E-state index is 14.6. The fourth-order valence-electron chi connectivity index (χ4n) is 2.94. The molecule has 0 radical (unpaired) electrons. The fourth-order valence-corrected chi connectivity index (χ4v) is 3.83. The van der Waals surface area contributed by atoms with Gasteiger partial charge < -0.3 is 10.5 Å². The van der Waals surface area contributed by atoms with Crippen molar-refractivity contribution in [2.75, 3.05) is 16.2 Å². The Morgan fingerprint density at radius 3 is 2.67 bits per heavy atom. The smallest absolute Gasteiger partial charge is 0.260 e. The van der Waals surface area contributed by atoms with Crippen LogP contribution in [0.4, 0.5) is 24.8 Å². The van der Waals surface area contributed by atoms with E-state index in [0.717, 1.165) is 18.9 Å². The molecule has 0 aliphatic heterocycles. The number of rotatable bonds is 7. The van der Waals surface area contributed by atoms with Crippen molar-refractivity contribution in [3.63, 3.8) is 0 Å². The molecule has 3 N–H and O–H groups in total. The molecule has 30 heavy (non-hydrogen) atoms. The van der Waals surface area contributed by atoms with Crippen LogP contribution >= 0.6 is 11.9 Å². The molecule has 0 bridgehead atoms. The number of hydrogen-bond donors (Lipinski definition) is 2. The van der Waals surface area contributed by atoms with E-state index in [9.17, 15) is 18.0 Å². The van der Waals surface area contributed by atoms with Crippen LogP contribution in [-0.2, 0) is 0 Å². The number of halogens is 3. The Kier molecular flexibility index (Phi) is 6.25. The van der Waals surface area contributed by atoms with Crippen LogP contribution in [0.3, 0.4) is 0 Å². The topological polar surface area (TPSA) is 85.8 Å². The van der Waals surface area contributed by atoms with E-state index in [-0.39, 0.29) is 35.4 Å². The third-order valence-corrected chi connectivity index (χ3v) is 5.19. The highest BCUT2D eigenvalue weighted by Gasteiger charge is 2.20. The van der Waals surface area contributed by atoms with E-state index < -0.39 is 11.7 Å². The maximum absolute atomic E-state index is 14.6. The number of pyridine rings is 1. The van der Waals surface area contributed by atoms with E-state index in [4.69, 9.17) is 5.73 Å². The highest BCUT2D eigenvalue weighted by Crippen LogP contribution is 2.27. The zero-order valence-corrected chi connectivity index (χ0v) is 17.6. The fraction of sp³-hybridized carbons (Fsp3) is 0.350. The lowest BCUT2D eigenvalue weighted by Gasteiger charge is -2.16. The van der Waals surface area contributed by atoms with Crippen molar-refractivity contribution < 1.29 is 13.2 Å². The number of nitrogens with one attached hydrogen (secondary N) is 1. The molecule has 0 atom stereocenters. The number of hydrogen-bond acceptors (Lipinski definition) is 6.